The number of thiocarbonyl (C=S) groups is 1. The molecule has 7 heteroatoms. The summed E-state index contributed by atoms with van der Waals surface area (Å²) < 4.78 is 10.5. The van der Waals surface area contributed by atoms with E-state index < -0.39 is 5.97 Å². The van der Waals surface area contributed by atoms with Gasteiger partial charge >= 0.3 is 5.97 Å². The van der Waals surface area contributed by atoms with Gasteiger partial charge in [0.05, 0.1) is 19.6 Å². The van der Waals surface area contributed by atoms with E-state index in [0.717, 1.165) is 17.9 Å². The highest BCUT2D eigenvalue weighted by Gasteiger charge is 2.09. The Labute approximate surface area is 170 Å². The first-order chi connectivity index (χ1) is 13.6. The van der Waals surface area contributed by atoms with Crippen LogP contribution in [0.25, 0.3) is 0 Å². The highest BCUT2D eigenvalue weighted by Crippen LogP contribution is 2.16. The van der Waals surface area contributed by atoms with Crippen LogP contribution in [0.15, 0.2) is 54.6 Å². The number of hydrogen-bond acceptors (Lipinski definition) is 5. The first-order valence-corrected chi connectivity index (χ1v) is 9.51. The van der Waals surface area contributed by atoms with Crippen LogP contribution in [0, 0.1) is 0 Å². The van der Waals surface area contributed by atoms with Gasteiger partial charge in [-0.15, -0.1) is 0 Å². The summed E-state index contributed by atoms with van der Waals surface area (Å²) in [6.07, 6.45) is 0.884. The zero-order valence-electron chi connectivity index (χ0n) is 15.8. The second-order valence-corrected chi connectivity index (χ2v) is 6.32. The van der Waals surface area contributed by atoms with Crippen molar-refractivity contribution < 1.29 is 19.1 Å². The highest BCUT2D eigenvalue weighted by molar-refractivity contribution is 7.80. The van der Waals surface area contributed by atoms with Gasteiger partial charge in [0.1, 0.15) is 5.75 Å². The SMILES string of the molecule is CCOC(=O)CCC(=O)NC(=S)Nc1ccc(OCCc2ccccc2)cc1. The van der Waals surface area contributed by atoms with E-state index in [0.29, 0.717) is 13.2 Å². The Bertz CT molecular complexity index is 779. The van der Waals surface area contributed by atoms with Gasteiger partial charge in [-0.3, -0.25) is 9.59 Å². The maximum Gasteiger partial charge on any atom is 0.306 e. The van der Waals surface area contributed by atoms with Crippen LogP contribution < -0.4 is 15.4 Å². The lowest BCUT2D eigenvalue weighted by Crippen LogP contribution is -2.34. The summed E-state index contributed by atoms with van der Waals surface area (Å²) in [5.74, 6) is 0.0108. The molecule has 6 nitrogen and oxygen atoms in total. The summed E-state index contributed by atoms with van der Waals surface area (Å²) in [6.45, 7) is 2.61. The number of benzene rings is 2. The van der Waals surface area contributed by atoms with Crippen molar-refractivity contribution in [2.24, 2.45) is 0 Å². The summed E-state index contributed by atoms with van der Waals surface area (Å²) in [7, 11) is 0. The number of carbonyl (C=O) groups is 2. The van der Waals surface area contributed by atoms with Crippen molar-refractivity contribution in [2.75, 3.05) is 18.5 Å². The topological polar surface area (TPSA) is 76.7 Å². The maximum absolute atomic E-state index is 11.8. The summed E-state index contributed by atoms with van der Waals surface area (Å²) >= 11 is 5.11. The molecular formula is C21H24N2O4S. The molecule has 1 amide bonds. The molecule has 0 saturated heterocycles. The van der Waals surface area contributed by atoms with Gasteiger partial charge < -0.3 is 20.1 Å². The molecule has 2 N–H and O–H groups in total. The molecule has 148 valence electrons. The molecule has 0 aromatic heterocycles. The van der Waals surface area contributed by atoms with Crippen molar-refractivity contribution in [3.63, 3.8) is 0 Å². The fourth-order valence-corrected chi connectivity index (χ4v) is 2.60. The Morgan fingerprint density at radius 2 is 1.71 bits per heavy atom. The van der Waals surface area contributed by atoms with Gasteiger partial charge in [0, 0.05) is 18.5 Å². The van der Waals surface area contributed by atoms with E-state index in [-0.39, 0.29) is 23.9 Å². The average molecular weight is 401 g/mol. The second-order valence-electron chi connectivity index (χ2n) is 5.92. The smallest absolute Gasteiger partial charge is 0.306 e. The fourth-order valence-electron chi connectivity index (χ4n) is 2.37. The van der Waals surface area contributed by atoms with E-state index in [4.69, 9.17) is 21.7 Å². The van der Waals surface area contributed by atoms with Gasteiger partial charge in [0.25, 0.3) is 0 Å². The van der Waals surface area contributed by atoms with E-state index >= 15 is 0 Å². The van der Waals surface area contributed by atoms with E-state index in [2.05, 4.69) is 22.8 Å². The molecule has 0 bridgehead atoms. The van der Waals surface area contributed by atoms with Crippen LogP contribution in [-0.2, 0) is 20.7 Å². The zero-order chi connectivity index (χ0) is 20.2. The van der Waals surface area contributed by atoms with Crippen LogP contribution in [0.1, 0.15) is 25.3 Å². The molecule has 0 unspecified atom stereocenters. The Balaban J connectivity index is 1.70. The van der Waals surface area contributed by atoms with Crippen molar-refractivity contribution >= 4 is 34.9 Å². The molecular weight excluding hydrogens is 376 g/mol. The lowest BCUT2D eigenvalue weighted by atomic mass is 10.2. The average Bonchev–Trinajstić information content (AvgIpc) is 2.69. The Morgan fingerprint density at radius 1 is 1.00 bits per heavy atom. The van der Waals surface area contributed by atoms with Crippen molar-refractivity contribution in [2.45, 2.75) is 26.2 Å². The van der Waals surface area contributed by atoms with Crippen molar-refractivity contribution in [3.8, 4) is 5.75 Å². The van der Waals surface area contributed by atoms with Crippen LogP contribution in [0.3, 0.4) is 0 Å². The molecule has 0 atom stereocenters. The Kier molecular flexibility index (Phi) is 8.94. The monoisotopic (exact) mass is 400 g/mol. The molecule has 0 heterocycles. The molecule has 0 fully saturated rings. The largest absolute Gasteiger partial charge is 0.493 e. The van der Waals surface area contributed by atoms with E-state index in [9.17, 15) is 9.59 Å². The van der Waals surface area contributed by atoms with E-state index in [1.165, 1.54) is 5.56 Å². The van der Waals surface area contributed by atoms with Crippen LogP contribution in [0.4, 0.5) is 5.69 Å². The Hall–Kier alpha value is -2.93. The van der Waals surface area contributed by atoms with Crippen molar-refractivity contribution in [3.05, 3.63) is 60.2 Å². The summed E-state index contributed by atoms with van der Waals surface area (Å²) in [6, 6.07) is 17.4. The van der Waals surface area contributed by atoms with Crippen LogP contribution in [-0.4, -0.2) is 30.2 Å². The fraction of sp³-hybridized carbons (Fsp3) is 0.286. The molecule has 0 spiro atoms. The quantitative estimate of drug-likeness (QED) is 0.496. The first-order valence-electron chi connectivity index (χ1n) is 9.10. The Morgan fingerprint density at radius 3 is 2.39 bits per heavy atom. The van der Waals surface area contributed by atoms with E-state index in [1.807, 2.05) is 42.5 Å². The van der Waals surface area contributed by atoms with Crippen molar-refractivity contribution in [1.29, 1.82) is 0 Å². The minimum Gasteiger partial charge on any atom is -0.493 e. The zero-order valence-corrected chi connectivity index (χ0v) is 16.6. The van der Waals surface area contributed by atoms with Gasteiger partial charge in [0.2, 0.25) is 5.91 Å². The molecule has 0 aliphatic heterocycles. The molecule has 2 aromatic rings. The number of nitrogens with one attached hydrogen (secondary N) is 2. The van der Waals surface area contributed by atoms with Crippen LogP contribution in [0.2, 0.25) is 0 Å². The normalized spacial score (nSPS) is 10.0. The summed E-state index contributed by atoms with van der Waals surface area (Å²) in [4.78, 5) is 23.0. The molecule has 0 aliphatic carbocycles. The van der Waals surface area contributed by atoms with Gasteiger partial charge in [0.15, 0.2) is 5.11 Å². The lowest BCUT2D eigenvalue weighted by Gasteiger charge is -2.11. The number of anilines is 1. The summed E-state index contributed by atoms with van der Waals surface area (Å²) in [5.41, 5.74) is 1.95. The number of hydrogen-bond donors (Lipinski definition) is 2. The third-order valence-corrected chi connectivity index (χ3v) is 3.93. The molecule has 2 aromatic carbocycles. The molecule has 0 radical (unpaired) electrons. The number of amides is 1. The minimum absolute atomic E-state index is 0.0227. The first kappa shape index (κ1) is 21.4. The van der Waals surface area contributed by atoms with Crippen molar-refractivity contribution in [1.82, 2.24) is 5.32 Å². The molecule has 28 heavy (non-hydrogen) atoms. The predicted molar refractivity (Wildman–Crippen MR) is 112 cm³/mol. The van der Waals surface area contributed by atoms with Gasteiger partial charge in [-0.1, -0.05) is 30.3 Å². The number of rotatable bonds is 9. The standard InChI is InChI=1S/C21H24N2O4S/c1-2-26-20(25)13-12-19(24)23-21(28)22-17-8-10-18(11-9-17)27-15-14-16-6-4-3-5-7-16/h3-11H,2,12-15H2,1H3,(H2,22,23,24,28). The lowest BCUT2D eigenvalue weighted by molar-refractivity contribution is -0.144. The third kappa shape index (κ3) is 8.18. The number of carbonyl (C=O) groups excluding carboxylic acids is 2. The molecule has 0 saturated carbocycles. The van der Waals surface area contributed by atoms with Crippen LogP contribution in [0.5, 0.6) is 5.75 Å². The van der Waals surface area contributed by atoms with Gasteiger partial charge in [-0.05, 0) is 49.0 Å². The second kappa shape index (κ2) is 11.7. The number of esters is 1. The number of ether oxygens (including phenoxy) is 2. The third-order valence-electron chi connectivity index (χ3n) is 3.73. The highest BCUT2D eigenvalue weighted by atomic mass is 32.1. The predicted octanol–water partition coefficient (Wildman–Crippen LogP) is 3.46. The van der Waals surface area contributed by atoms with Gasteiger partial charge in [-0.25, -0.2) is 0 Å². The van der Waals surface area contributed by atoms with Gasteiger partial charge in [-0.2, -0.15) is 0 Å². The van der Waals surface area contributed by atoms with E-state index in [1.54, 1.807) is 6.92 Å². The maximum atomic E-state index is 11.8. The van der Waals surface area contributed by atoms with Crippen LogP contribution >= 0.6 is 12.2 Å². The molecule has 2 rings (SSSR count). The minimum atomic E-state index is -0.403. The summed E-state index contributed by atoms with van der Waals surface area (Å²) in [5, 5.41) is 5.63. The molecule has 0 aliphatic rings.